The highest BCUT2D eigenvalue weighted by molar-refractivity contribution is 7.47. The predicted molar refractivity (Wildman–Crippen MR) is 426 cm³/mol. The van der Waals surface area contributed by atoms with Gasteiger partial charge in [0.2, 0.25) is 0 Å². The first-order chi connectivity index (χ1) is 50.2. The zero-order chi connectivity index (χ0) is 75.2. The van der Waals surface area contributed by atoms with Gasteiger partial charge in [0.15, 0.2) is 6.10 Å². The molecule has 0 aliphatic heterocycles. The molecule has 0 radical (unpaired) electrons. The third-order valence-corrected chi connectivity index (χ3v) is 16.9. The summed E-state index contributed by atoms with van der Waals surface area (Å²) in [5, 5.41) is 20.6. The molecule has 0 aliphatic rings. The minimum atomic E-state index is -4.97. The summed E-state index contributed by atoms with van der Waals surface area (Å²) in [5.41, 5.74) is 0. The molecule has 0 saturated heterocycles. The molecule has 580 valence electrons. The van der Waals surface area contributed by atoms with Crippen LogP contribution in [-0.2, 0) is 55.8 Å². The second-order valence-electron chi connectivity index (χ2n) is 24.7. The number of unbranched alkanes of at least 4 members (excludes halogenated alkanes) is 13. The Morgan fingerprint density at radius 2 is 0.505 bits per heavy atom. The molecule has 0 amide bonds. The van der Waals surface area contributed by atoms with Gasteiger partial charge in [-0.3, -0.25) is 32.5 Å². The van der Waals surface area contributed by atoms with Gasteiger partial charge in [-0.05, 0) is 154 Å². The van der Waals surface area contributed by atoms with E-state index in [1.165, 1.54) is 0 Å². The zero-order valence-electron chi connectivity index (χ0n) is 63.1. The predicted octanol–water partition coefficient (Wildman–Crippen LogP) is 22.5. The first-order valence-corrected chi connectivity index (χ1v) is 41.4. The third kappa shape index (κ3) is 77.1. The van der Waals surface area contributed by atoms with Crippen LogP contribution in [0.5, 0.6) is 0 Å². The highest BCUT2D eigenvalue weighted by Gasteiger charge is 2.29. The molecule has 16 nitrogen and oxygen atoms in total. The average Bonchev–Trinajstić information content (AvgIpc) is 0.922. The SMILES string of the molecule is CC/C=C\C/C=C\C/C=C\C/C=C\C/C=C\C/C=C\CCCCCCCCC(=O)OCC(O)COP(=O)(O)OCC(O)COP(=O)(O)OCC(COC(=O)CCCCCCCCC/C=C\C/C=C\C/C=C\C/C=C\C/C=C\CC)OC(=O)CC/C=C\C/C=C\C/C=C\C/C=C\C/C=C\C/C=C\CC. The summed E-state index contributed by atoms with van der Waals surface area (Å²) in [5.74, 6) is -1.72. The molecule has 0 heterocycles. The highest BCUT2D eigenvalue weighted by atomic mass is 31.2. The van der Waals surface area contributed by atoms with Crippen molar-refractivity contribution < 1.29 is 75.8 Å². The van der Waals surface area contributed by atoms with E-state index in [0.717, 1.165) is 186 Å². The number of aliphatic hydroxyl groups excluding tert-OH is 2. The van der Waals surface area contributed by atoms with Gasteiger partial charge in [0, 0.05) is 19.3 Å². The molecule has 0 aromatic rings. The summed E-state index contributed by atoms with van der Waals surface area (Å²) in [6.45, 7) is 2.18. The summed E-state index contributed by atoms with van der Waals surface area (Å²) in [7, 11) is -9.84. The van der Waals surface area contributed by atoms with Gasteiger partial charge < -0.3 is 34.2 Å². The van der Waals surface area contributed by atoms with Crippen LogP contribution in [0, 0.1) is 0 Å². The van der Waals surface area contributed by atoms with Crippen LogP contribution in [0.2, 0.25) is 0 Å². The fourth-order valence-electron chi connectivity index (χ4n) is 9.27. The smallest absolute Gasteiger partial charge is 0.463 e. The third-order valence-electron chi connectivity index (χ3n) is 15.0. The van der Waals surface area contributed by atoms with E-state index in [-0.39, 0.29) is 19.3 Å². The second-order valence-corrected chi connectivity index (χ2v) is 27.6. The number of esters is 3. The summed E-state index contributed by atoms with van der Waals surface area (Å²) in [6, 6.07) is 0. The van der Waals surface area contributed by atoms with Crippen molar-refractivity contribution in [3.8, 4) is 0 Å². The number of carbonyl (C=O) groups excluding carboxylic acids is 3. The minimum absolute atomic E-state index is 0.0326. The van der Waals surface area contributed by atoms with Gasteiger partial charge in [0.1, 0.15) is 25.4 Å². The van der Waals surface area contributed by atoms with Crippen LogP contribution in [0.4, 0.5) is 0 Å². The van der Waals surface area contributed by atoms with Crippen LogP contribution in [-0.4, -0.2) is 95.9 Å². The molecule has 0 aromatic heterocycles. The number of hydrogen-bond donors (Lipinski definition) is 4. The summed E-state index contributed by atoms with van der Waals surface area (Å²) in [4.78, 5) is 58.6. The van der Waals surface area contributed by atoms with Crippen LogP contribution in [0.15, 0.2) is 207 Å². The van der Waals surface area contributed by atoms with E-state index >= 15 is 0 Å². The fourth-order valence-corrected chi connectivity index (χ4v) is 10.9. The van der Waals surface area contributed by atoms with Gasteiger partial charge in [0.25, 0.3) is 0 Å². The van der Waals surface area contributed by atoms with Gasteiger partial charge >= 0.3 is 33.6 Å². The molecule has 0 rings (SSSR count). The number of phosphoric ester groups is 2. The van der Waals surface area contributed by atoms with Crippen molar-refractivity contribution in [1.29, 1.82) is 0 Å². The molecular formula is C85H134O16P2. The number of hydrogen-bond acceptors (Lipinski definition) is 14. The summed E-state index contributed by atoms with van der Waals surface area (Å²) < 4.78 is 61.0. The molecule has 5 atom stereocenters. The lowest BCUT2D eigenvalue weighted by atomic mass is 10.1. The summed E-state index contributed by atoms with van der Waals surface area (Å²) >= 11 is 0. The quantitative estimate of drug-likeness (QED) is 0.0146. The van der Waals surface area contributed by atoms with Gasteiger partial charge in [-0.25, -0.2) is 9.13 Å². The molecule has 18 heteroatoms. The van der Waals surface area contributed by atoms with Gasteiger partial charge in [0.05, 0.1) is 26.4 Å². The van der Waals surface area contributed by atoms with Crippen LogP contribution in [0.1, 0.15) is 252 Å². The lowest BCUT2D eigenvalue weighted by molar-refractivity contribution is -0.161. The van der Waals surface area contributed by atoms with E-state index in [1.807, 2.05) is 18.2 Å². The molecule has 103 heavy (non-hydrogen) atoms. The minimum Gasteiger partial charge on any atom is -0.463 e. The van der Waals surface area contributed by atoms with Crippen molar-refractivity contribution in [3.63, 3.8) is 0 Å². The summed E-state index contributed by atoms with van der Waals surface area (Å²) in [6.07, 6.45) is 100. The fraction of sp³-hybridized carbons (Fsp3) is 0.565. The van der Waals surface area contributed by atoms with Crippen molar-refractivity contribution in [1.82, 2.24) is 0 Å². The Balaban J connectivity index is 4.78. The maximum atomic E-state index is 13.0. The molecule has 0 aromatic carbocycles. The van der Waals surface area contributed by atoms with Crippen molar-refractivity contribution in [2.24, 2.45) is 0 Å². The van der Waals surface area contributed by atoms with E-state index in [0.29, 0.717) is 25.7 Å². The number of phosphoric acid groups is 2. The van der Waals surface area contributed by atoms with E-state index < -0.39 is 91.5 Å². The Labute approximate surface area is 622 Å². The van der Waals surface area contributed by atoms with E-state index in [4.69, 9.17) is 32.3 Å². The van der Waals surface area contributed by atoms with Crippen molar-refractivity contribution in [2.75, 3.05) is 39.6 Å². The maximum Gasteiger partial charge on any atom is 0.472 e. The Kier molecular flexibility index (Phi) is 71.5. The van der Waals surface area contributed by atoms with Gasteiger partial charge in [-0.1, -0.05) is 285 Å². The van der Waals surface area contributed by atoms with Gasteiger partial charge in [-0.2, -0.15) is 0 Å². The first kappa shape index (κ1) is 97.1. The van der Waals surface area contributed by atoms with E-state index in [9.17, 15) is 43.5 Å². The largest absolute Gasteiger partial charge is 0.472 e. The normalized spacial score (nSPS) is 15.1. The number of ether oxygens (including phenoxy) is 3. The molecule has 0 bridgehead atoms. The Morgan fingerprint density at radius 1 is 0.272 bits per heavy atom. The Bertz CT molecular complexity index is 2700. The Morgan fingerprint density at radius 3 is 0.806 bits per heavy atom. The first-order valence-electron chi connectivity index (χ1n) is 38.4. The lowest BCUT2D eigenvalue weighted by Gasteiger charge is -2.21. The number of rotatable bonds is 70. The second kappa shape index (κ2) is 75.8. The molecule has 0 spiro atoms. The van der Waals surface area contributed by atoms with Crippen LogP contribution in [0.25, 0.3) is 0 Å². The van der Waals surface area contributed by atoms with E-state index in [2.05, 4.69) is 209 Å². The van der Waals surface area contributed by atoms with Crippen molar-refractivity contribution in [2.45, 2.75) is 270 Å². The Hall–Kier alpha value is -5.87. The molecular weight excluding hydrogens is 1340 g/mol. The van der Waals surface area contributed by atoms with Crippen LogP contribution >= 0.6 is 15.6 Å². The topological polar surface area (TPSA) is 231 Å². The lowest BCUT2D eigenvalue weighted by Crippen LogP contribution is -2.29. The van der Waals surface area contributed by atoms with E-state index in [1.54, 1.807) is 0 Å². The zero-order valence-corrected chi connectivity index (χ0v) is 64.9. The number of carbonyl (C=O) groups is 3. The molecule has 5 unspecified atom stereocenters. The molecule has 0 saturated carbocycles. The van der Waals surface area contributed by atoms with Gasteiger partial charge in [-0.15, -0.1) is 0 Å². The number of aliphatic hydroxyl groups is 2. The molecule has 0 fully saturated rings. The van der Waals surface area contributed by atoms with Crippen molar-refractivity contribution in [3.05, 3.63) is 207 Å². The molecule has 4 N–H and O–H groups in total. The highest BCUT2D eigenvalue weighted by Crippen LogP contribution is 2.45. The standard InChI is InChI=1S/C85H134O16P2/c1-4-7-10-13-16-19-22-25-28-31-34-36-38-39-41-43-45-47-50-53-56-59-62-65-68-71-83(88)95-74-80(86)75-97-102(91,92)98-76-81(87)77-99-103(93,94)100-79-82(101-85(90)73-70-67-64-61-58-55-52-49-44-33-30-27-24-21-18-15-12-9-6-3)78-96-84(89)72-69-66-63-60-57-54-51-48-46-42-40-37-35-32-29-26-23-20-17-14-11-8-5-2/h7-12,16-21,25-30,34-37,39,41-42,44-47,49,55,58,64,67,80-82,86-87H,4-6,13-15,22-24,31-33,38,40,43,48,50-54,56-57,59-63,65-66,68-79H2,1-3H3,(H,91,92)(H,93,94)/b10-7-,11-8-,12-9-,19-16-,20-17-,21-18-,28-25-,29-26-,30-27-,36-34-,37-35-,41-39-,46-42-,47-45-,49-44-,58-55-,67-64-. The monoisotopic (exact) mass is 1470 g/mol. The number of allylic oxidation sites excluding steroid dienone is 34. The van der Waals surface area contributed by atoms with Crippen LogP contribution in [0.3, 0.4) is 0 Å². The van der Waals surface area contributed by atoms with Crippen molar-refractivity contribution >= 4 is 33.6 Å². The average molecular weight is 1470 g/mol. The van der Waals surface area contributed by atoms with Crippen LogP contribution < -0.4 is 0 Å². The maximum absolute atomic E-state index is 13.0. The molecule has 0 aliphatic carbocycles.